The van der Waals surface area contributed by atoms with Crippen molar-refractivity contribution in [3.05, 3.63) is 0 Å². The minimum absolute atomic E-state index is 0.524. The van der Waals surface area contributed by atoms with Crippen LogP contribution in [0.4, 0.5) is 5.95 Å². The molecule has 0 bridgehead atoms. The summed E-state index contributed by atoms with van der Waals surface area (Å²) >= 11 is 1.44. The van der Waals surface area contributed by atoms with Gasteiger partial charge in [-0.05, 0) is 12.7 Å². The third-order valence-corrected chi connectivity index (χ3v) is 2.99. The molecule has 1 rings (SSSR count). The molecule has 0 aromatic carbocycles. The maximum absolute atomic E-state index is 3.94. The zero-order valence-electron chi connectivity index (χ0n) is 10.6. The molecule has 96 valence electrons. The van der Waals surface area contributed by atoms with Crippen LogP contribution in [0.25, 0.3) is 0 Å². The topological polar surface area (TPSA) is 63.6 Å². The van der Waals surface area contributed by atoms with E-state index in [4.69, 9.17) is 0 Å². The Morgan fingerprint density at radius 3 is 2.24 bits per heavy atom. The van der Waals surface area contributed by atoms with Gasteiger partial charge in [-0.3, -0.25) is 0 Å². The molecule has 0 saturated carbocycles. The number of nitrogens with one attached hydrogen (secondary N) is 1. The molecule has 1 N–H and O–H groups in total. The van der Waals surface area contributed by atoms with Crippen LogP contribution in [-0.2, 0) is 0 Å². The molecule has 0 saturated heterocycles. The number of rotatable bonds is 9. The lowest BCUT2D eigenvalue weighted by Gasteiger charge is -2.03. The van der Waals surface area contributed by atoms with Crippen LogP contribution < -0.4 is 5.32 Å². The minimum Gasteiger partial charge on any atom is -0.352 e. The number of hydrogen-bond donors (Lipinski definition) is 1. The summed E-state index contributed by atoms with van der Waals surface area (Å²) in [5, 5.41) is 19.4. The zero-order chi connectivity index (χ0) is 12.3. The van der Waals surface area contributed by atoms with Gasteiger partial charge in [-0.15, -0.1) is 20.4 Å². The number of anilines is 1. The molecule has 0 spiro atoms. The maximum Gasteiger partial charge on any atom is 0.262 e. The van der Waals surface area contributed by atoms with Gasteiger partial charge >= 0.3 is 0 Å². The average Bonchev–Trinajstić information content (AvgIpc) is 2.38. The molecular formula is C11H21N5S. The van der Waals surface area contributed by atoms with E-state index >= 15 is 0 Å². The normalized spacial score (nSPS) is 10.5. The molecule has 0 aliphatic rings. The van der Waals surface area contributed by atoms with Crippen LogP contribution >= 0.6 is 11.8 Å². The molecule has 6 heteroatoms. The highest BCUT2D eigenvalue weighted by atomic mass is 32.2. The smallest absolute Gasteiger partial charge is 0.262 e. The molecule has 0 atom stereocenters. The molecule has 0 aliphatic carbocycles. The van der Waals surface area contributed by atoms with Crippen molar-refractivity contribution in [1.29, 1.82) is 0 Å². The standard InChI is InChI=1S/C11H21N5S/c1-3-4-5-6-7-8-9-12-10-13-15-11(17-2)16-14-10/h3-9H2,1-2H3,(H,12,13,14). The largest absolute Gasteiger partial charge is 0.352 e. The van der Waals surface area contributed by atoms with Gasteiger partial charge in [-0.25, -0.2) is 0 Å². The van der Waals surface area contributed by atoms with Crippen LogP contribution in [0.15, 0.2) is 5.16 Å². The van der Waals surface area contributed by atoms with Crippen molar-refractivity contribution in [2.24, 2.45) is 0 Å². The molecule has 0 aliphatic heterocycles. The molecular weight excluding hydrogens is 234 g/mol. The van der Waals surface area contributed by atoms with Crippen molar-refractivity contribution >= 4 is 17.7 Å². The molecule has 0 fully saturated rings. The molecule has 0 amide bonds. The van der Waals surface area contributed by atoms with Crippen molar-refractivity contribution in [2.75, 3.05) is 18.1 Å². The lowest BCUT2D eigenvalue weighted by molar-refractivity contribution is 0.615. The van der Waals surface area contributed by atoms with Gasteiger partial charge in [0.05, 0.1) is 0 Å². The number of aromatic nitrogens is 4. The highest BCUT2D eigenvalue weighted by Gasteiger charge is 1.98. The Balaban J connectivity index is 2.05. The Hall–Kier alpha value is -0.910. The van der Waals surface area contributed by atoms with Gasteiger partial charge in [0.15, 0.2) is 0 Å². The summed E-state index contributed by atoms with van der Waals surface area (Å²) in [6.07, 6.45) is 9.62. The third kappa shape index (κ3) is 6.41. The molecule has 0 radical (unpaired) electrons. The summed E-state index contributed by atoms with van der Waals surface area (Å²) in [4.78, 5) is 0. The third-order valence-electron chi connectivity index (χ3n) is 2.46. The second-order valence-corrected chi connectivity index (χ2v) is 4.68. The predicted molar refractivity (Wildman–Crippen MR) is 71.3 cm³/mol. The first-order valence-electron chi connectivity index (χ1n) is 6.22. The fourth-order valence-corrected chi connectivity index (χ4v) is 1.72. The molecule has 1 aromatic heterocycles. The summed E-state index contributed by atoms with van der Waals surface area (Å²) in [5.41, 5.74) is 0. The average molecular weight is 255 g/mol. The second kappa shape index (κ2) is 9.15. The Bertz CT molecular complexity index is 290. The lowest BCUT2D eigenvalue weighted by Crippen LogP contribution is -2.08. The van der Waals surface area contributed by atoms with Gasteiger partial charge in [0, 0.05) is 6.54 Å². The van der Waals surface area contributed by atoms with E-state index < -0.39 is 0 Å². The first-order valence-corrected chi connectivity index (χ1v) is 7.44. The second-order valence-electron chi connectivity index (χ2n) is 3.90. The van der Waals surface area contributed by atoms with E-state index in [1.54, 1.807) is 0 Å². The quantitative estimate of drug-likeness (QED) is 0.541. The summed E-state index contributed by atoms with van der Waals surface area (Å²) < 4.78 is 0. The van der Waals surface area contributed by atoms with E-state index in [2.05, 4.69) is 32.6 Å². The zero-order valence-corrected chi connectivity index (χ0v) is 11.5. The highest BCUT2D eigenvalue weighted by molar-refractivity contribution is 7.98. The van der Waals surface area contributed by atoms with E-state index in [9.17, 15) is 0 Å². The monoisotopic (exact) mass is 255 g/mol. The van der Waals surface area contributed by atoms with Crippen LogP contribution in [0.5, 0.6) is 0 Å². The molecule has 0 unspecified atom stereocenters. The summed E-state index contributed by atoms with van der Waals surface area (Å²) in [6, 6.07) is 0. The Labute approximate surface area is 107 Å². The summed E-state index contributed by atoms with van der Waals surface area (Å²) in [5.74, 6) is 0.524. The number of unbranched alkanes of at least 4 members (excludes halogenated alkanes) is 5. The number of hydrogen-bond acceptors (Lipinski definition) is 6. The van der Waals surface area contributed by atoms with E-state index in [0.29, 0.717) is 11.1 Å². The van der Waals surface area contributed by atoms with Crippen molar-refractivity contribution in [3.8, 4) is 0 Å². The van der Waals surface area contributed by atoms with E-state index in [-0.39, 0.29) is 0 Å². The Kier molecular flexibility index (Phi) is 7.62. The van der Waals surface area contributed by atoms with Crippen molar-refractivity contribution in [3.63, 3.8) is 0 Å². The van der Waals surface area contributed by atoms with Gasteiger partial charge in [0.2, 0.25) is 5.16 Å². The molecule has 17 heavy (non-hydrogen) atoms. The van der Waals surface area contributed by atoms with Gasteiger partial charge in [0.1, 0.15) is 0 Å². The Morgan fingerprint density at radius 2 is 1.59 bits per heavy atom. The van der Waals surface area contributed by atoms with Crippen LogP contribution in [0.3, 0.4) is 0 Å². The number of nitrogens with zero attached hydrogens (tertiary/aromatic N) is 4. The van der Waals surface area contributed by atoms with Crippen molar-refractivity contribution in [1.82, 2.24) is 20.4 Å². The first-order chi connectivity index (χ1) is 8.36. The van der Waals surface area contributed by atoms with E-state index in [1.165, 1.54) is 43.9 Å². The molecule has 1 aromatic rings. The van der Waals surface area contributed by atoms with Crippen molar-refractivity contribution in [2.45, 2.75) is 50.6 Å². The molecule has 5 nitrogen and oxygen atoms in total. The Morgan fingerprint density at radius 1 is 0.941 bits per heavy atom. The maximum atomic E-state index is 3.94. The van der Waals surface area contributed by atoms with Crippen LogP contribution in [0.2, 0.25) is 0 Å². The first kappa shape index (κ1) is 14.2. The highest BCUT2D eigenvalue weighted by Crippen LogP contribution is 2.06. The van der Waals surface area contributed by atoms with E-state index in [1.807, 2.05) is 6.26 Å². The molecule has 1 heterocycles. The SMILES string of the molecule is CCCCCCCCNc1nnc(SC)nn1. The van der Waals surface area contributed by atoms with Crippen LogP contribution in [0.1, 0.15) is 45.4 Å². The fraction of sp³-hybridized carbons (Fsp3) is 0.818. The van der Waals surface area contributed by atoms with Crippen molar-refractivity contribution < 1.29 is 0 Å². The predicted octanol–water partition coefficient (Wildman–Crippen LogP) is 2.76. The fourth-order valence-electron chi connectivity index (χ4n) is 1.48. The van der Waals surface area contributed by atoms with Gasteiger partial charge in [-0.1, -0.05) is 50.8 Å². The van der Waals surface area contributed by atoms with Gasteiger partial charge in [0.25, 0.3) is 5.95 Å². The van der Waals surface area contributed by atoms with Gasteiger partial charge in [-0.2, -0.15) is 0 Å². The summed E-state index contributed by atoms with van der Waals surface area (Å²) in [6.45, 7) is 3.13. The van der Waals surface area contributed by atoms with Gasteiger partial charge < -0.3 is 5.32 Å². The van der Waals surface area contributed by atoms with Crippen LogP contribution in [0, 0.1) is 0 Å². The minimum atomic E-state index is 0.524. The van der Waals surface area contributed by atoms with Crippen LogP contribution in [-0.4, -0.2) is 33.2 Å². The number of thioether (sulfide) groups is 1. The lowest BCUT2D eigenvalue weighted by atomic mass is 10.1. The van der Waals surface area contributed by atoms with E-state index in [0.717, 1.165) is 13.0 Å². The summed E-state index contributed by atoms with van der Waals surface area (Å²) in [7, 11) is 0.